The van der Waals surface area contributed by atoms with E-state index in [9.17, 15) is 0 Å². The lowest BCUT2D eigenvalue weighted by Gasteiger charge is -2.09. The fourth-order valence-electron chi connectivity index (χ4n) is 1.41. The van der Waals surface area contributed by atoms with Crippen molar-refractivity contribution in [1.82, 2.24) is 0 Å². The molecule has 0 atom stereocenters. The van der Waals surface area contributed by atoms with Gasteiger partial charge in [0.2, 0.25) is 0 Å². The molecule has 3 heteroatoms. The van der Waals surface area contributed by atoms with Gasteiger partial charge in [-0.25, -0.2) is 0 Å². The van der Waals surface area contributed by atoms with Crippen LogP contribution < -0.4 is 10.5 Å². The zero-order valence-corrected chi connectivity index (χ0v) is 9.66. The van der Waals surface area contributed by atoms with Gasteiger partial charge >= 0.3 is 0 Å². The average molecular weight is 234 g/mol. The van der Waals surface area contributed by atoms with Gasteiger partial charge in [-0.05, 0) is 36.8 Å². The summed E-state index contributed by atoms with van der Waals surface area (Å²) in [4.78, 5) is 0. The maximum Gasteiger partial charge on any atom is 0.150 e. The number of hydrogen-bond donors (Lipinski definition) is 1. The summed E-state index contributed by atoms with van der Waals surface area (Å²) < 4.78 is 5.64. The van der Waals surface area contributed by atoms with E-state index in [1.165, 1.54) is 0 Å². The molecule has 0 unspecified atom stereocenters. The molecular formula is C13H12ClNO. The van der Waals surface area contributed by atoms with Crippen LogP contribution in [0.3, 0.4) is 0 Å². The van der Waals surface area contributed by atoms with Gasteiger partial charge in [0.05, 0.1) is 10.7 Å². The third kappa shape index (κ3) is 2.28. The molecule has 2 N–H and O–H groups in total. The lowest BCUT2D eigenvalue weighted by molar-refractivity contribution is 0.485. The van der Waals surface area contributed by atoms with E-state index in [0.717, 1.165) is 5.56 Å². The van der Waals surface area contributed by atoms with Crippen molar-refractivity contribution >= 4 is 17.3 Å². The largest absolute Gasteiger partial charge is 0.454 e. The van der Waals surface area contributed by atoms with E-state index in [4.69, 9.17) is 22.1 Å². The van der Waals surface area contributed by atoms with Crippen molar-refractivity contribution in [2.75, 3.05) is 5.73 Å². The third-order valence-electron chi connectivity index (χ3n) is 2.22. The maximum absolute atomic E-state index is 5.99. The van der Waals surface area contributed by atoms with Gasteiger partial charge in [-0.2, -0.15) is 0 Å². The van der Waals surface area contributed by atoms with Crippen LogP contribution in [-0.2, 0) is 0 Å². The number of halogens is 1. The second-order valence-electron chi connectivity index (χ2n) is 3.57. The molecule has 0 heterocycles. The molecule has 0 spiro atoms. The van der Waals surface area contributed by atoms with Crippen LogP contribution in [0.1, 0.15) is 5.56 Å². The number of benzene rings is 2. The normalized spacial score (nSPS) is 10.1. The van der Waals surface area contributed by atoms with E-state index < -0.39 is 0 Å². The number of rotatable bonds is 2. The van der Waals surface area contributed by atoms with Crippen LogP contribution in [0.25, 0.3) is 0 Å². The van der Waals surface area contributed by atoms with Crippen molar-refractivity contribution in [2.24, 2.45) is 0 Å². The Morgan fingerprint density at radius 2 is 1.81 bits per heavy atom. The summed E-state index contributed by atoms with van der Waals surface area (Å²) in [5, 5.41) is 0.572. The van der Waals surface area contributed by atoms with Crippen molar-refractivity contribution < 1.29 is 4.74 Å². The fraction of sp³-hybridized carbons (Fsp3) is 0.0769. The topological polar surface area (TPSA) is 35.2 Å². The number of nitrogens with two attached hydrogens (primary N) is 1. The highest BCUT2D eigenvalue weighted by molar-refractivity contribution is 6.32. The average Bonchev–Trinajstić information content (AvgIpc) is 2.25. The van der Waals surface area contributed by atoms with Crippen molar-refractivity contribution in [3.05, 3.63) is 53.1 Å². The van der Waals surface area contributed by atoms with Crippen molar-refractivity contribution in [3.8, 4) is 11.5 Å². The smallest absolute Gasteiger partial charge is 0.150 e. The quantitative estimate of drug-likeness (QED) is 0.795. The molecule has 0 fully saturated rings. The lowest BCUT2D eigenvalue weighted by Crippen LogP contribution is -1.92. The van der Waals surface area contributed by atoms with Crippen molar-refractivity contribution in [2.45, 2.75) is 6.92 Å². The monoisotopic (exact) mass is 233 g/mol. The molecule has 2 aromatic carbocycles. The van der Waals surface area contributed by atoms with E-state index in [2.05, 4.69) is 0 Å². The Morgan fingerprint density at radius 3 is 2.50 bits per heavy atom. The summed E-state index contributed by atoms with van der Waals surface area (Å²) in [5.74, 6) is 1.23. The zero-order valence-electron chi connectivity index (χ0n) is 8.91. The van der Waals surface area contributed by atoms with E-state index in [0.29, 0.717) is 22.2 Å². The Bertz CT molecular complexity index is 511. The van der Waals surface area contributed by atoms with Crippen molar-refractivity contribution in [1.29, 1.82) is 0 Å². The number of hydrogen-bond acceptors (Lipinski definition) is 2. The van der Waals surface area contributed by atoms with E-state index >= 15 is 0 Å². The molecule has 0 saturated carbocycles. The van der Waals surface area contributed by atoms with Crippen molar-refractivity contribution in [3.63, 3.8) is 0 Å². The molecule has 2 rings (SSSR count). The van der Waals surface area contributed by atoms with Gasteiger partial charge in [0.1, 0.15) is 11.5 Å². The molecular weight excluding hydrogens is 222 g/mol. The number of para-hydroxylation sites is 1. The minimum absolute atomic E-state index is 0.572. The first kappa shape index (κ1) is 10.8. The number of nitrogen functional groups attached to an aromatic ring is 1. The Kier molecular flexibility index (Phi) is 3.02. The first-order valence-corrected chi connectivity index (χ1v) is 5.33. The maximum atomic E-state index is 5.99. The SMILES string of the molecule is Cc1ccc(Oc2ccccc2Cl)c(N)c1. The summed E-state index contributed by atoms with van der Waals surface area (Å²) in [6, 6.07) is 13.0. The van der Waals surface area contributed by atoms with Gasteiger partial charge in [-0.3, -0.25) is 0 Å². The predicted octanol–water partition coefficient (Wildman–Crippen LogP) is 4.02. The highest BCUT2D eigenvalue weighted by Crippen LogP contribution is 2.32. The molecule has 2 aromatic rings. The summed E-state index contributed by atoms with van der Waals surface area (Å²) in [5.41, 5.74) is 7.56. The van der Waals surface area contributed by atoms with Gasteiger partial charge < -0.3 is 10.5 Å². The molecule has 0 amide bonds. The van der Waals surface area contributed by atoms with E-state index in [1.807, 2.05) is 43.3 Å². The minimum Gasteiger partial charge on any atom is -0.454 e. The molecule has 0 aromatic heterocycles. The van der Waals surface area contributed by atoms with Gasteiger partial charge in [0, 0.05) is 0 Å². The van der Waals surface area contributed by atoms with Crippen LogP contribution in [0.2, 0.25) is 5.02 Å². The molecule has 2 nitrogen and oxygen atoms in total. The number of ether oxygens (including phenoxy) is 1. The van der Waals surface area contributed by atoms with E-state index in [-0.39, 0.29) is 0 Å². The Balaban J connectivity index is 2.31. The molecule has 0 aliphatic rings. The second kappa shape index (κ2) is 4.45. The summed E-state index contributed by atoms with van der Waals surface area (Å²) >= 11 is 5.99. The van der Waals surface area contributed by atoms with Gasteiger partial charge in [-0.15, -0.1) is 0 Å². The van der Waals surface area contributed by atoms with Gasteiger partial charge in [-0.1, -0.05) is 29.8 Å². The van der Waals surface area contributed by atoms with Gasteiger partial charge in [0.15, 0.2) is 0 Å². The Morgan fingerprint density at radius 1 is 1.06 bits per heavy atom. The first-order valence-electron chi connectivity index (χ1n) is 4.95. The lowest BCUT2D eigenvalue weighted by atomic mass is 10.2. The van der Waals surface area contributed by atoms with Crippen LogP contribution >= 0.6 is 11.6 Å². The molecule has 0 saturated heterocycles. The molecule has 0 radical (unpaired) electrons. The predicted molar refractivity (Wildman–Crippen MR) is 67.1 cm³/mol. The number of anilines is 1. The molecule has 0 bridgehead atoms. The fourth-order valence-corrected chi connectivity index (χ4v) is 1.58. The molecule has 82 valence electrons. The highest BCUT2D eigenvalue weighted by atomic mass is 35.5. The Hall–Kier alpha value is -1.67. The summed E-state index contributed by atoms with van der Waals surface area (Å²) in [6.07, 6.45) is 0. The summed E-state index contributed by atoms with van der Waals surface area (Å²) in [7, 11) is 0. The van der Waals surface area contributed by atoms with Gasteiger partial charge in [0.25, 0.3) is 0 Å². The van der Waals surface area contributed by atoms with Crippen LogP contribution in [0, 0.1) is 6.92 Å². The molecule has 16 heavy (non-hydrogen) atoms. The third-order valence-corrected chi connectivity index (χ3v) is 2.53. The highest BCUT2D eigenvalue weighted by Gasteiger charge is 2.04. The van der Waals surface area contributed by atoms with Crippen LogP contribution in [0.5, 0.6) is 11.5 Å². The van der Waals surface area contributed by atoms with Crippen LogP contribution in [0.4, 0.5) is 5.69 Å². The summed E-state index contributed by atoms with van der Waals surface area (Å²) in [6.45, 7) is 1.98. The van der Waals surface area contributed by atoms with Crippen LogP contribution in [-0.4, -0.2) is 0 Å². The molecule has 0 aliphatic carbocycles. The molecule has 0 aliphatic heterocycles. The minimum atomic E-state index is 0.572. The first-order chi connectivity index (χ1) is 7.66. The number of aryl methyl sites for hydroxylation is 1. The van der Waals surface area contributed by atoms with E-state index in [1.54, 1.807) is 6.07 Å². The Labute approximate surface area is 99.6 Å². The zero-order chi connectivity index (χ0) is 11.5. The second-order valence-corrected chi connectivity index (χ2v) is 3.98. The standard InChI is InChI=1S/C13H12ClNO/c1-9-6-7-13(11(15)8-9)16-12-5-3-2-4-10(12)14/h2-8H,15H2,1H3. The van der Waals surface area contributed by atoms with Crippen LogP contribution in [0.15, 0.2) is 42.5 Å².